The maximum Gasteiger partial charge on any atom is 0.0720 e. The predicted octanol–water partition coefficient (Wildman–Crippen LogP) is 19.8. The van der Waals surface area contributed by atoms with Gasteiger partial charge in [0, 0.05) is 32.9 Å². The zero-order chi connectivity index (χ0) is 52.2. The van der Waals surface area contributed by atoms with E-state index in [1.54, 1.807) is 0 Å². The van der Waals surface area contributed by atoms with Crippen molar-refractivity contribution in [3.05, 3.63) is 288 Å². The SMILES string of the molecule is CC(C)(C)c1cc(-c2cc(-c3ccccc3)c3c(c2)-c2ccc(-n4c5ccccc5c5cc(-c6ccc7c(c6)c6ccccc6n7-c6ccccc6)ccc54)cc2C3(c2ccccc2)c2ccccc2)cc(C(C)(C)C)c1. The van der Waals surface area contributed by atoms with Gasteiger partial charge < -0.3 is 9.13 Å². The first-order valence-corrected chi connectivity index (χ1v) is 27.2. The molecular formula is C75H60N2. The molecule has 1 aliphatic carbocycles. The molecule has 0 atom stereocenters. The van der Waals surface area contributed by atoms with Crippen LogP contribution in [0.25, 0.3) is 99.5 Å². The van der Waals surface area contributed by atoms with Crippen molar-refractivity contribution in [3.8, 4) is 55.9 Å². The summed E-state index contributed by atoms with van der Waals surface area (Å²) in [6.45, 7) is 14.0. The minimum Gasteiger partial charge on any atom is -0.309 e. The first kappa shape index (κ1) is 46.5. The molecule has 2 aromatic heterocycles. The van der Waals surface area contributed by atoms with Crippen LogP contribution in [0.5, 0.6) is 0 Å². The molecule has 0 radical (unpaired) electrons. The molecule has 0 aliphatic heterocycles. The van der Waals surface area contributed by atoms with Crippen LogP contribution in [-0.2, 0) is 16.2 Å². The van der Waals surface area contributed by atoms with E-state index in [2.05, 4.69) is 305 Å². The molecule has 1 aliphatic rings. The molecule has 0 unspecified atom stereocenters. The van der Waals surface area contributed by atoms with Crippen LogP contribution in [0.3, 0.4) is 0 Å². The lowest BCUT2D eigenvalue weighted by molar-refractivity contribution is 0.569. The van der Waals surface area contributed by atoms with E-state index in [-0.39, 0.29) is 10.8 Å². The van der Waals surface area contributed by atoms with Gasteiger partial charge in [0.25, 0.3) is 0 Å². The zero-order valence-corrected chi connectivity index (χ0v) is 44.6. The highest BCUT2D eigenvalue weighted by Crippen LogP contribution is 2.60. The van der Waals surface area contributed by atoms with E-state index in [1.807, 2.05) is 0 Å². The van der Waals surface area contributed by atoms with Crippen LogP contribution >= 0.6 is 0 Å². The summed E-state index contributed by atoms with van der Waals surface area (Å²) in [5.74, 6) is 0. The number of para-hydroxylation sites is 3. The fourth-order valence-corrected chi connectivity index (χ4v) is 12.9. The van der Waals surface area contributed by atoms with Gasteiger partial charge in [0.1, 0.15) is 0 Å². The Hall–Kier alpha value is -8.98. The maximum atomic E-state index is 2.53. The lowest BCUT2D eigenvalue weighted by Gasteiger charge is -2.36. The molecule has 2 heteroatoms. The second-order valence-corrected chi connectivity index (χ2v) is 23.3. The summed E-state index contributed by atoms with van der Waals surface area (Å²) in [6, 6.07) is 95.9. The number of hydrogen-bond acceptors (Lipinski definition) is 0. The first-order chi connectivity index (χ1) is 37.4. The Kier molecular flexibility index (Phi) is 10.6. The monoisotopic (exact) mass is 988 g/mol. The molecule has 77 heavy (non-hydrogen) atoms. The van der Waals surface area contributed by atoms with Crippen molar-refractivity contribution < 1.29 is 0 Å². The topological polar surface area (TPSA) is 9.86 Å². The van der Waals surface area contributed by atoms with Crippen molar-refractivity contribution in [2.45, 2.75) is 57.8 Å². The molecule has 2 heterocycles. The Morgan fingerprint density at radius 2 is 0.727 bits per heavy atom. The van der Waals surface area contributed by atoms with Crippen LogP contribution in [0.4, 0.5) is 0 Å². The van der Waals surface area contributed by atoms with Crippen molar-refractivity contribution >= 4 is 43.6 Å². The van der Waals surface area contributed by atoms with Crippen LogP contribution in [0.2, 0.25) is 0 Å². The number of benzene rings is 11. The average molecular weight is 989 g/mol. The molecule has 11 aromatic carbocycles. The number of rotatable bonds is 7. The van der Waals surface area contributed by atoms with E-state index < -0.39 is 5.41 Å². The van der Waals surface area contributed by atoms with Crippen LogP contribution in [0, 0.1) is 0 Å². The Morgan fingerprint density at radius 3 is 1.26 bits per heavy atom. The first-order valence-electron chi connectivity index (χ1n) is 27.2. The summed E-state index contributed by atoms with van der Waals surface area (Å²) in [4.78, 5) is 0. The molecule has 0 saturated carbocycles. The fraction of sp³-hybridized carbons (Fsp3) is 0.120. The Labute approximate surface area is 452 Å². The van der Waals surface area contributed by atoms with Gasteiger partial charge in [-0.3, -0.25) is 0 Å². The summed E-state index contributed by atoms with van der Waals surface area (Å²) >= 11 is 0. The van der Waals surface area contributed by atoms with E-state index >= 15 is 0 Å². The quantitative estimate of drug-likeness (QED) is 0.151. The molecular weight excluding hydrogens is 929 g/mol. The molecule has 0 N–H and O–H groups in total. The third kappa shape index (κ3) is 7.37. The van der Waals surface area contributed by atoms with Gasteiger partial charge in [-0.05, 0) is 162 Å². The molecule has 370 valence electrons. The van der Waals surface area contributed by atoms with Crippen molar-refractivity contribution in [2.75, 3.05) is 0 Å². The Morgan fingerprint density at radius 1 is 0.286 bits per heavy atom. The van der Waals surface area contributed by atoms with E-state index in [4.69, 9.17) is 0 Å². The minimum atomic E-state index is -0.662. The predicted molar refractivity (Wildman–Crippen MR) is 326 cm³/mol. The van der Waals surface area contributed by atoms with Crippen molar-refractivity contribution in [1.82, 2.24) is 9.13 Å². The molecule has 0 bridgehead atoms. The van der Waals surface area contributed by atoms with Crippen LogP contribution in [0.15, 0.2) is 255 Å². The van der Waals surface area contributed by atoms with E-state index in [9.17, 15) is 0 Å². The van der Waals surface area contributed by atoms with Gasteiger partial charge >= 0.3 is 0 Å². The summed E-state index contributed by atoms with van der Waals surface area (Å²) in [5, 5.41) is 4.97. The van der Waals surface area contributed by atoms with Gasteiger partial charge in [-0.2, -0.15) is 0 Å². The summed E-state index contributed by atoms with van der Waals surface area (Å²) < 4.78 is 4.89. The number of nitrogens with zero attached hydrogens (tertiary/aromatic N) is 2. The second-order valence-electron chi connectivity index (χ2n) is 23.3. The highest BCUT2D eigenvalue weighted by atomic mass is 15.0. The highest BCUT2D eigenvalue weighted by molar-refractivity contribution is 6.13. The summed E-state index contributed by atoms with van der Waals surface area (Å²) in [6.07, 6.45) is 0. The molecule has 0 saturated heterocycles. The third-order valence-corrected chi connectivity index (χ3v) is 16.7. The zero-order valence-electron chi connectivity index (χ0n) is 44.6. The lowest BCUT2D eigenvalue weighted by atomic mass is 9.66. The minimum absolute atomic E-state index is 0.0259. The smallest absolute Gasteiger partial charge is 0.0720 e. The number of fused-ring (bicyclic) bond motifs is 9. The largest absolute Gasteiger partial charge is 0.309 e. The van der Waals surface area contributed by atoms with Crippen LogP contribution in [-0.4, -0.2) is 9.13 Å². The highest BCUT2D eigenvalue weighted by Gasteiger charge is 2.48. The van der Waals surface area contributed by atoms with Crippen LogP contribution in [0.1, 0.15) is 74.9 Å². The van der Waals surface area contributed by atoms with Crippen molar-refractivity contribution in [3.63, 3.8) is 0 Å². The summed E-state index contributed by atoms with van der Waals surface area (Å²) in [5.41, 5.74) is 24.0. The van der Waals surface area contributed by atoms with Gasteiger partial charge in [-0.25, -0.2) is 0 Å². The number of aromatic nitrogens is 2. The van der Waals surface area contributed by atoms with Crippen molar-refractivity contribution in [2.24, 2.45) is 0 Å². The van der Waals surface area contributed by atoms with Gasteiger partial charge in [-0.15, -0.1) is 0 Å². The fourth-order valence-electron chi connectivity index (χ4n) is 12.9. The van der Waals surface area contributed by atoms with E-state index in [0.29, 0.717) is 0 Å². The lowest BCUT2D eigenvalue weighted by Crippen LogP contribution is -2.29. The number of hydrogen-bond donors (Lipinski definition) is 0. The van der Waals surface area contributed by atoms with E-state index in [1.165, 1.54) is 127 Å². The molecule has 0 spiro atoms. The van der Waals surface area contributed by atoms with E-state index in [0.717, 1.165) is 5.69 Å². The van der Waals surface area contributed by atoms with Gasteiger partial charge in [-0.1, -0.05) is 224 Å². The third-order valence-electron chi connectivity index (χ3n) is 16.7. The molecule has 14 rings (SSSR count). The average Bonchev–Trinajstić information content (AvgIpc) is 4.27. The van der Waals surface area contributed by atoms with Gasteiger partial charge in [0.2, 0.25) is 0 Å². The Bertz CT molecular complexity index is 4350. The van der Waals surface area contributed by atoms with Crippen LogP contribution < -0.4 is 0 Å². The molecule has 13 aromatic rings. The summed E-state index contributed by atoms with van der Waals surface area (Å²) in [7, 11) is 0. The standard InChI is InChI=1S/C75H60N2/c1-73(2,3)56-41-52(42-57(47-56)74(4,5)6)53-45-63(49-23-11-7-12-24-49)72-66(46-53)60-38-37-59(48-67(60)75(72,54-25-13-8-14-26-54)55-27-15-9-16-28-55)77-69-34-22-20-32-62(69)65-44-51(36-40-71(65)77)50-35-39-70-64(43-50)61-31-19-21-33-68(61)76(70)58-29-17-10-18-30-58/h7-48H,1-6H3. The van der Waals surface area contributed by atoms with Gasteiger partial charge in [0.05, 0.1) is 27.5 Å². The molecule has 2 nitrogen and oxygen atoms in total. The van der Waals surface area contributed by atoms with Gasteiger partial charge in [0.15, 0.2) is 0 Å². The second kappa shape index (κ2) is 17.5. The molecule has 0 amide bonds. The normalized spacial score (nSPS) is 13.2. The van der Waals surface area contributed by atoms with Crippen molar-refractivity contribution in [1.29, 1.82) is 0 Å². The maximum absolute atomic E-state index is 2.53. The molecule has 0 fully saturated rings. The Balaban J connectivity index is 1.01.